The number of amides is 2. The lowest BCUT2D eigenvalue weighted by Crippen LogP contribution is -2.12. The normalized spacial score (nSPS) is 10.4. The quantitative estimate of drug-likeness (QED) is 0.653. The number of carbonyl (C=O) groups is 2. The standard InChI is InChI=1S/C15H13N5O3S/c1-23-12-3-2-8(5-18-12)14(22)20-15-19-11(7-24-15)9-4-10(13(16)21)17-6-9/h2-7,17H,1H3,(H2,16,21)(H,19,20,22). The van der Waals surface area contributed by atoms with Gasteiger partial charge in [0.2, 0.25) is 5.88 Å². The molecule has 0 unspecified atom stereocenters. The Morgan fingerprint density at radius 3 is 2.83 bits per heavy atom. The Morgan fingerprint density at radius 2 is 2.21 bits per heavy atom. The van der Waals surface area contributed by atoms with E-state index >= 15 is 0 Å². The summed E-state index contributed by atoms with van der Waals surface area (Å²) in [5.41, 5.74) is 7.24. The first-order valence-corrected chi connectivity index (χ1v) is 7.70. The zero-order valence-electron chi connectivity index (χ0n) is 12.6. The number of aromatic amines is 1. The van der Waals surface area contributed by atoms with E-state index in [4.69, 9.17) is 10.5 Å². The summed E-state index contributed by atoms with van der Waals surface area (Å²) in [6.07, 6.45) is 3.06. The number of thiazole rings is 1. The Bertz CT molecular complexity index is 885. The van der Waals surface area contributed by atoms with Crippen LogP contribution in [0.2, 0.25) is 0 Å². The van der Waals surface area contributed by atoms with Crippen LogP contribution in [-0.4, -0.2) is 33.9 Å². The van der Waals surface area contributed by atoms with Crippen LogP contribution in [0.1, 0.15) is 20.8 Å². The van der Waals surface area contributed by atoms with E-state index in [1.807, 2.05) is 0 Å². The van der Waals surface area contributed by atoms with Crippen LogP contribution < -0.4 is 15.8 Å². The summed E-state index contributed by atoms with van der Waals surface area (Å²) in [7, 11) is 1.50. The first-order valence-electron chi connectivity index (χ1n) is 6.82. The highest BCUT2D eigenvalue weighted by molar-refractivity contribution is 7.14. The average molecular weight is 343 g/mol. The Kier molecular flexibility index (Phi) is 4.25. The van der Waals surface area contributed by atoms with Gasteiger partial charge in [-0.25, -0.2) is 9.97 Å². The number of H-pyrrole nitrogens is 1. The second-order valence-electron chi connectivity index (χ2n) is 4.75. The molecule has 0 atom stereocenters. The van der Waals surface area contributed by atoms with E-state index in [1.54, 1.807) is 29.8 Å². The first-order chi connectivity index (χ1) is 11.6. The topological polar surface area (TPSA) is 123 Å². The van der Waals surface area contributed by atoms with Crippen molar-refractivity contribution >= 4 is 28.3 Å². The number of ether oxygens (including phenoxy) is 1. The summed E-state index contributed by atoms with van der Waals surface area (Å²) in [4.78, 5) is 34.3. The lowest BCUT2D eigenvalue weighted by molar-refractivity contribution is 0.0994. The number of aromatic nitrogens is 3. The fraction of sp³-hybridized carbons (Fsp3) is 0.0667. The van der Waals surface area contributed by atoms with Gasteiger partial charge in [-0.15, -0.1) is 11.3 Å². The molecule has 0 radical (unpaired) electrons. The molecule has 0 saturated heterocycles. The molecule has 3 heterocycles. The van der Waals surface area contributed by atoms with Crippen LogP contribution in [-0.2, 0) is 0 Å². The van der Waals surface area contributed by atoms with Crippen molar-refractivity contribution in [2.24, 2.45) is 5.73 Å². The number of methoxy groups -OCH3 is 1. The number of nitrogens with two attached hydrogens (primary N) is 1. The number of hydrogen-bond donors (Lipinski definition) is 3. The molecule has 0 aliphatic rings. The van der Waals surface area contributed by atoms with E-state index in [-0.39, 0.29) is 5.91 Å². The molecule has 4 N–H and O–H groups in total. The van der Waals surface area contributed by atoms with Crippen LogP contribution in [0.4, 0.5) is 5.13 Å². The molecule has 0 spiro atoms. The minimum atomic E-state index is -0.544. The average Bonchev–Trinajstić information content (AvgIpc) is 3.24. The van der Waals surface area contributed by atoms with E-state index < -0.39 is 5.91 Å². The van der Waals surface area contributed by atoms with E-state index in [2.05, 4.69) is 20.3 Å². The fourth-order valence-electron chi connectivity index (χ4n) is 1.95. The molecular weight excluding hydrogens is 330 g/mol. The molecule has 0 fully saturated rings. The zero-order chi connectivity index (χ0) is 17.1. The maximum absolute atomic E-state index is 12.2. The van der Waals surface area contributed by atoms with Gasteiger partial charge in [-0.2, -0.15) is 0 Å². The van der Waals surface area contributed by atoms with Crippen molar-refractivity contribution in [3.8, 4) is 17.1 Å². The SMILES string of the molecule is COc1ccc(C(=O)Nc2nc(-c3c[nH]c(C(N)=O)c3)cs2)cn1. The van der Waals surface area contributed by atoms with Crippen LogP contribution in [0, 0.1) is 0 Å². The highest BCUT2D eigenvalue weighted by atomic mass is 32.1. The van der Waals surface area contributed by atoms with Gasteiger partial charge in [0.05, 0.1) is 18.4 Å². The van der Waals surface area contributed by atoms with Gasteiger partial charge >= 0.3 is 0 Å². The van der Waals surface area contributed by atoms with Crippen molar-refractivity contribution in [3.63, 3.8) is 0 Å². The summed E-state index contributed by atoms with van der Waals surface area (Å²) in [5, 5.41) is 4.91. The third-order valence-electron chi connectivity index (χ3n) is 3.18. The van der Waals surface area contributed by atoms with Gasteiger partial charge in [-0.05, 0) is 12.1 Å². The molecule has 0 bridgehead atoms. The maximum Gasteiger partial charge on any atom is 0.265 e. The molecule has 0 aromatic carbocycles. The Hall–Kier alpha value is -3.20. The van der Waals surface area contributed by atoms with E-state index in [0.29, 0.717) is 33.5 Å². The number of pyridine rings is 1. The zero-order valence-corrected chi connectivity index (χ0v) is 13.4. The number of nitrogens with zero attached hydrogens (tertiary/aromatic N) is 2. The van der Waals surface area contributed by atoms with Crippen molar-refractivity contribution < 1.29 is 14.3 Å². The van der Waals surface area contributed by atoms with Gasteiger partial charge < -0.3 is 15.5 Å². The van der Waals surface area contributed by atoms with E-state index in [0.717, 1.165) is 0 Å². The first kappa shape index (κ1) is 15.7. The third kappa shape index (κ3) is 3.25. The van der Waals surface area contributed by atoms with Crippen LogP contribution in [0.25, 0.3) is 11.3 Å². The third-order valence-corrected chi connectivity index (χ3v) is 3.93. The Morgan fingerprint density at radius 1 is 1.38 bits per heavy atom. The largest absolute Gasteiger partial charge is 0.481 e. The van der Waals surface area contributed by atoms with Crippen molar-refractivity contribution in [1.29, 1.82) is 0 Å². The van der Waals surface area contributed by atoms with Crippen LogP contribution in [0.5, 0.6) is 5.88 Å². The predicted molar refractivity (Wildman–Crippen MR) is 89.2 cm³/mol. The molecule has 0 aliphatic carbocycles. The lowest BCUT2D eigenvalue weighted by atomic mass is 10.2. The number of nitrogens with one attached hydrogen (secondary N) is 2. The van der Waals surface area contributed by atoms with Gasteiger partial charge in [-0.1, -0.05) is 0 Å². The molecule has 3 rings (SSSR count). The molecule has 0 saturated carbocycles. The Balaban J connectivity index is 1.72. The molecular formula is C15H13N5O3S. The molecule has 9 heteroatoms. The van der Waals surface area contributed by atoms with Gasteiger partial charge in [0.1, 0.15) is 5.69 Å². The lowest BCUT2D eigenvalue weighted by Gasteiger charge is -2.02. The number of carbonyl (C=O) groups excluding carboxylic acids is 2. The molecule has 3 aromatic heterocycles. The molecule has 122 valence electrons. The van der Waals surface area contributed by atoms with Gasteiger partial charge in [-0.3, -0.25) is 14.9 Å². The fourth-order valence-corrected chi connectivity index (χ4v) is 2.67. The van der Waals surface area contributed by atoms with Crippen LogP contribution >= 0.6 is 11.3 Å². The minimum absolute atomic E-state index is 0.299. The van der Waals surface area contributed by atoms with Crippen molar-refractivity contribution in [2.75, 3.05) is 12.4 Å². The highest BCUT2D eigenvalue weighted by Crippen LogP contribution is 2.25. The summed E-state index contributed by atoms with van der Waals surface area (Å²) < 4.78 is 4.95. The molecule has 2 amide bonds. The molecule has 24 heavy (non-hydrogen) atoms. The summed E-state index contributed by atoms with van der Waals surface area (Å²) in [5.74, 6) is -0.434. The van der Waals surface area contributed by atoms with E-state index in [1.165, 1.54) is 24.6 Å². The monoisotopic (exact) mass is 343 g/mol. The van der Waals surface area contributed by atoms with Gasteiger partial charge in [0.25, 0.3) is 11.8 Å². The molecule has 0 aliphatic heterocycles. The second-order valence-corrected chi connectivity index (χ2v) is 5.61. The van der Waals surface area contributed by atoms with E-state index in [9.17, 15) is 9.59 Å². The highest BCUT2D eigenvalue weighted by Gasteiger charge is 2.12. The van der Waals surface area contributed by atoms with Crippen molar-refractivity contribution in [1.82, 2.24) is 15.0 Å². The minimum Gasteiger partial charge on any atom is -0.481 e. The Labute approximate surface area is 140 Å². The number of hydrogen-bond acceptors (Lipinski definition) is 6. The van der Waals surface area contributed by atoms with Gasteiger partial charge in [0, 0.05) is 29.4 Å². The number of rotatable bonds is 5. The predicted octanol–water partition coefficient (Wildman–Crippen LogP) is 1.89. The number of primary amides is 1. The van der Waals surface area contributed by atoms with Crippen molar-refractivity contribution in [3.05, 3.63) is 47.2 Å². The summed E-state index contributed by atoms with van der Waals surface area (Å²) in [6, 6.07) is 4.82. The molecule has 3 aromatic rings. The van der Waals surface area contributed by atoms with Gasteiger partial charge in [0.15, 0.2) is 5.13 Å². The second kappa shape index (κ2) is 6.50. The van der Waals surface area contributed by atoms with Crippen LogP contribution in [0.3, 0.4) is 0 Å². The molecule has 8 nitrogen and oxygen atoms in total. The summed E-state index contributed by atoms with van der Waals surface area (Å²) >= 11 is 1.27. The smallest absolute Gasteiger partial charge is 0.265 e. The number of anilines is 1. The van der Waals surface area contributed by atoms with Crippen LogP contribution in [0.15, 0.2) is 36.0 Å². The summed E-state index contributed by atoms with van der Waals surface area (Å²) in [6.45, 7) is 0. The van der Waals surface area contributed by atoms with Crippen molar-refractivity contribution in [2.45, 2.75) is 0 Å². The maximum atomic E-state index is 12.2.